The molecule has 1 aromatic carbocycles. The van der Waals surface area contributed by atoms with Crippen LogP contribution in [0.4, 0.5) is 5.69 Å². The molecule has 134 valence electrons. The molecule has 0 spiro atoms. The first-order valence-corrected chi connectivity index (χ1v) is 8.94. The second-order valence-electron chi connectivity index (χ2n) is 6.86. The van der Waals surface area contributed by atoms with E-state index in [9.17, 15) is 4.79 Å². The van der Waals surface area contributed by atoms with Gasteiger partial charge in [-0.3, -0.25) is 4.79 Å². The SMILES string of the molecule is C=C(C)[C@H]1CC=C(C)C(=NNC(=O)CCCNc2cccc(C)c2)C1. The standard InChI is InChI=1S/C21H29N3O/c1-15(2)18-11-10-17(4)20(14-18)23-24-21(25)9-6-12-22-19-8-5-7-16(3)13-19/h5,7-8,10,13,18,22H,1,6,9,11-12,14H2,2-4H3,(H,24,25)/t18-/m0/s1. The van der Waals surface area contributed by atoms with Crippen molar-refractivity contribution in [1.82, 2.24) is 5.43 Å². The van der Waals surface area contributed by atoms with Crippen molar-refractivity contribution in [1.29, 1.82) is 0 Å². The van der Waals surface area contributed by atoms with Crippen molar-refractivity contribution in [2.75, 3.05) is 11.9 Å². The fourth-order valence-corrected chi connectivity index (χ4v) is 2.85. The summed E-state index contributed by atoms with van der Waals surface area (Å²) in [6, 6.07) is 8.23. The Bertz CT molecular complexity index is 688. The maximum atomic E-state index is 12.0. The highest BCUT2D eigenvalue weighted by molar-refractivity contribution is 6.01. The molecule has 2 N–H and O–H groups in total. The van der Waals surface area contributed by atoms with Crippen LogP contribution >= 0.6 is 0 Å². The Kier molecular flexibility index (Phi) is 6.99. The van der Waals surface area contributed by atoms with Gasteiger partial charge in [-0.2, -0.15) is 5.10 Å². The van der Waals surface area contributed by atoms with Gasteiger partial charge in [0.25, 0.3) is 0 Å². The Morgan fingerprint density at radius 2 is 2.16 bits per heavy atom. The average Bonchev–Trinajstić information content (AvgIpc) is 2.58. The first-order valence-electron chi connectivity index (χ1n) is 8.94. The molecular formula is C21H29N3O. The lowest BCUT2D eigenvalue weighted by Crippen LogP contribution is -2.23. The molecule has 0 bridgehead atoms. The van der Waals surface area contributed by atoms with Gasteiger partial charge >= 0.3 is 0 Å². The van der Waals surface area contributed by atoms with E-state index in [1.54, 1.807) is 0 Å². The molecule has 1 aliphatic rings. The predicted molar refractivity (Wildman–Crippen MR) is 106 cm³/mol. The summed E-state index contributed by atoms with van der Waals surface area (Å²) in [4.78, 5) is 12.0. The van der Waals surface area contributed by atoms with Crippen molar-refractivity contribution in [3.05, 3.63) is 53.6 Å². The summed E-state index contributed by atoms with van der Waals surface area (Å²) >= 11 is 0. The number of benzene rings is 1. The van der Waals surface area contributed by atoms with E-state index < -0.39 is 0 Å². The van der Waals surface area contributed by atoms with E-state index in [0.29, 0.717) is 12.3 Å². The number of hydrogen-bond acceptors (Lipinski definition) is 3. The number of hydrazone groups is 1. The maximum Gasteiger partial charge on any atom is 0.240 e. The van der Waals surface area contributed by atoms with Crippen molar-refractivity contribution in [2.45, 2.75) is 46.5 Å². The van der Waals surface area contributed by atoms with Gasteiger partial charge in [0.15, 0.2) is 0 Å². The molecule has 2 rings (SSSR count). The minimum absolute atomic E-state index is 0.0382. The number of amides is 1. The quantitative estimate of drug-likeness (QED) is 0.433. The minimum atomic E-state index is -0.0382. The Morgan fingerprint density at radius 1 is 1.36 bits per heavy atom. The van der Waals surface area contributed by atoms with E-state index in [1.807, 2.05) is 19.1 Å². The van der Waals surface area contributed by atoms with Crippen LogP contribution in [0.3, 0.4) is 0 Å². The van der Waals surface area contributed by atoms with Crippen LogP contribution in [0.15, 0.2) is 53.2 Å². The largest absolute Gasteiger partial charge is 0.385 e. The zero-order valence-electron chi connectivity index (χ0n) is 15.6. The first kappa shape index (κ1) is 19.0. The molecule has 0 unspecified atom stereocenters. The highest BCUT2D eigenvalue weighted by atomic mass is 16.2. The second kappa shape index (κ2) is 9.21. The third kappa shape index (κ3) is 6.22. The molecule has 1 amide bonds. The number of nitrogens with zero attached hydrogens (tertiary/aromatic N) is 1. The van der Waals surface area contributed by atoms with Crippen LogP contribution in [-0.4, -0.2) is 18.2 Å². The predicted octanol–water partition coefficient (Wildman–Crippen LogP) is 4.59. The Labute approximate surface area is 151 Å². The van der Waals surface area contributed by atoms with Gasteiger partial charge in [-0.05, 0) is 69.2 Å². The van der Waals surface area contributed by atoms with Gasteiger partial charge < -0.3 is 5.32 Å². The molecular weight excluding hydrogens is 310 g/mol. The highest BCUT2D eigenvalue weighted by Crippen LogP contribution is 2.26. The number of nitrogens with one attached hydrogen (secondary N) is 2. The second-order valence-corrected chi connectivity index (χ2v) is 6.86. The van der Waals surface area contributed by atoms with Crippen molar-refractivity contribution in [3.8, 4) is 0 Å². The number of aryl methyl sites for hydroxylation is 1. The van der Waals surface area contributed by atoms with Crippen LogP contribution in [0, 0.1) is 12.8 Å². The topological polar surface area (TPSA) is 53.5 Å². The van der Waals surface area contributed by atoms with Gasteiger partial charge in [-0.15, -0.1) is 0 Å². The summed E-state index contributed by atoms with van der Waals surface area (Å²) in [6.07, 6.45) is 5.28. The number of carbonyl (C=O) groups excluding carboxylic acids is 1. The summed E-state index contributed by atoms with van der Waals surface area (Å²) in [5, 5.41) is 7.67. The van der Waals surface area contributed by atoms with E-state index in [-0.39, 0.29) is 5.91 Å². The molecule has 1 aliphatic carbocycles. The van der Waals surface area contributed by atoms with Crippen LogP contribution < -0.4 is 10.7 Å². The number of rotatable bonds is 7. The number of allylic oxidation sites excluding steroid dienone is 3. The van der Waals surface area contributed by atoms with Crippen molar-refractivity contribution < 1.29 is 4.79 Å². The maximum absolute atomic E-state index is 12.0. The van der Waals surface area contributed by atoms with Crippen molar-refractivity contribution in [2.24, 2.45) is 11.0 Å². The Balaban J connectivity index is 1.73. The van der Waals surface area contributed by atoms with E-state index in [2.05, 4.69) is 54.5 Å². The summed E-state index contributed by atoms with van der Waals surface area (Å²) in [6.45, 7) is 11.0. The van der Waals surface area contributed by atoms with Crippen LogP contribution in [0.2, 0.25) is 0 Å². The fourth-order valence-electron chi connectivity index (χ4n) is 2.85. The lowest BCUT2D eigenvalue weighted by Gasteiger charge is -2.22. The Hall–Kier alpha value is -2.36. The summed E-state index contributed by atoms with van der Waals surface area (Å²) < 4.78 is 0. The average molecular weight is 339 g/mol. The summed E-state index contributed by atoms with van der Waals surface area (Å²) in [7, 11) is 0. The third-order valence-electron chi connectivity index (χ3n) is 4.54. The zero-order valence-corrected chi connectivity index (χ0v) is 15.6. The van der Waals surface area contributed by atoms with Gasteiger partial charge in [-0.1, -0.05) is 30.4 Å². The van der Waals surface area contributed by atoms with Crippen molar-refractivity contribution >= 4 is 17.3 Å². The molecule has 0 radical (unpaired) electrons. The third-order valence-corrected chi connectivity index (χ3v) is 4.54. The van der Waals surface area contributed by atoms with Gasteiger partial charge in [0.05, 0.1) is 5.71 Å². The van der Waals surface area contributed by atoms with Crippen LogP contribution in [0.25, 0.3) is 0 Å². The number of anilines is 1. The molecule has 4 heteroatoms. The number of hydrogen-bond donors (Lipinski definition) is 2. The van der Waals surface area contributed by atoms with Gasteiger partial charge in [0.2, 0.25) is 5.91 Å². The van der Waals surface area contributed by atoms with E-state index in [4.69, 9.17) is 0 Å². The first-order chi connectivity index (χ1) is 12.0. The molecule has 4 nitrogen and oxygen atoms in total. The van der Waals surface area contributed by atoms with Crippen LogP contribution in [0.5, 0.6) is 0 Å². The number of carbonyl (C=O) groups is 1. The normalized spacial score (nSPS) is 18.6. The molecule has 0 aromatic heterocycles. The van der Waals surface area contributed by atoms with Crippen molar-refractivity contribution in [3.63, 3.8) is 0 Å². The molecule has 25 heavy (non-hydrogen) atoms. The molecule has 0 saturated heterocycles. The van der Waals surface area contributed by atoms with Gasteiger partial charge in [0.1, 0.15) is 0 Å². The lowest BCUT2D eigenvalue weighted by atomic mass is 9.85. The zero-order chi connectivity index (χ0) is 18.2. The van der Waals surface area contributed by atoms with E-state index in [0.717, 1.165) is 42.8 Å². The van der Waals surface area contributed by atoms with Crippen LogP contribution in [0.1, 0.15) is 45.1 Å². The monoisotopic (exact) mass is 339 g/mol. The van der Waals surface area contributed by atoms with Gasteiger partial charge in [-0.25, -0.2) is 5.43 Å². The minimum Gasteiger partial charge on any atom is -0.385 e. The molecule has 0 saturated carbocycles. The Morgan fingerprint density at radius 3 is 2.88 bits per heavy atom. The molecule has 1 atom stereocenters. The van der Waals surface area contributed by atoms with E-state index >= 15 is 0 Å². The molecule has 0 fully saturated rings. The van der Waals surface area contributed by atoms with Crippen LogP contribution in [-0.2, 0) is 4.79 Å². The molecule has 0 heterocycles. The lowest BCUT2D eigenvalue weighted by molar-refractivity contribution is -0.121. The van der Waals surface area contributed by atoms with Gasteiger partial charge in [0, 0.05) is 18.7 Å². The van der Waals surface area contributed by atoms with E-state index in [1.165, 1.54) is 11.1 Å². The summed E-state index contributed by atoms with van der Waals surface area (Å²) in [5.41, 5.74) is 8.30. The molecule has 1 aromatic rings. The summed E-state index contributed by atoms with van der Waals surface area (Å²) in [5.74, 6) is 0.390. The smallest absolute Gasteiger partial charge is 0.240 e. The molecule has 0 aliphatic heterocycles. The highest BCUT2D eigenvalue weighted by Gasteiger charge is 2.18. The fraction of sp³-hybridized carbons (Fsp3) is 0.429.